The van der Waals surface area contributed by atoms with Crippen molar-refractivity contribution in [3.8, 4) is 33.4 Å². The summed E-state index contributed by atoms with van der Waals surface area (Å²) in [7, 11) is 0. The summed E-state index contributed by atoms with van der Waals surface area (Å²) >= 11 is 1.85. The number of anilines is 3. The smallest absolute Gasteiger partial charge is 0.145 e. The molecule has 0 saturated carbocycles. The second kappa shape index (κ2) is 13.6. The Morgan fingerprint density at radius 1 is 0.373 bits per heavy atom. The molecule has 0 aliphatic rings. The fourth-order valence-electron chi connectivity index (χ4n) is 9.13. The molecule has 2 heterocycles. The van der Waals surface area contributed by atoms with Crippen molar-refractivity contribution in [2.45, 2.75) is 0 Å². The summed E-state index contributed by atoms with van der Waals surface area (Å²) < 4.78 is 9.42. The van der Waals surface area contributed by atoms with Crippen LogP contribution < -0.4 is 4.90 Å². The summed E-state index contributed by atoms with van der Waals surface area (Å²) in [4.78, 5) is 2.45. The van der Waals surface area contributed by atoms with Crippen molar-refractivity contribution in [1.82, 2.24) is 0 Å². The maximum atomic E-state index is 6.89. The van der Waals surface area contributed by atoms with E-state index < -0.39 is 0 Å². The molecule has 0 atom stereocenters. The molecule has 0 aliphatic carbocycles. The van der Waals surface area contributed by atoms with E-state index in [0.717, 1.165) is 50.1 Å². The SMILES string of the molecule is c1ccc(-c2cccc3cccc(-c4ccc(N(c5cccc6c5sc5ccccc56)c5ccc(-c6ccc7ccccc7c6)c6oc7ccccc7c56)cc4)c23)cc1. The first-order chi connectivity index (χ1) is 29.3. The Labute approximate surface area is 345 Å². The van der Waals surface area contributed by atoms with Gasteiger partial charge in [0.2, 0.25) is 0 Å². The molecule has 2 aromatic heterocycles. The first-order valence-electron chi connectivity index (χ1n) is 20.1. The molecule has 12 aromatic rings. The molecule has 0 bridgehead atoms. The number of para-hydroxylation sites is 1. The molecule has 59 heavy (non-hydrogen) atoms. The molecule has 12 rings (SSSR count). The summed E-state index contributed by atoms with van der Waals surface area (Å²) in [6, 6.07) is 76.9. The van der Waals surface area contributed by atoms with E-state index in [1.54, 1.807) is 0 Å². The lowest BCUT2D eigenvalue weighted by Crippen LogP contribution is -2.10. The summed E-state index contributed by atoms with van der Waals surface area (Å²) in [6.45, 7) is 0. The molecule has 0 fully saturated rings. The fourth-order valence-corrected chi connectivity index (χ4v) is 10.3. The zero-order chi connectivity index (χ0) is 38.9. The minimum absolute atomic E-state index is 0.873. The third-order valence-electron chi connectivity index (χ3n) is 11.9. The Bertz CT molecular complexity index is 3550. The zero-order valence-corrected chi connectivity index (χ0v) is 32.8. The molecule has 0 unspecified atom stereocenters. The van der Waals surface area contributed by atoms with E-state index in [1.807, 2.05) is 11.3 Å². The molecule has 0 spiro atoms. The lowest BCUT2D eigenvalue weighted by atomic mass is 9.91. The Morgan fingerprint density at radius 2 is 1.02 bits per heavy atom. The van der Waals surface area contributed by atoms with E-state index in [-0.39, 0.29) is 0 Å². The number of nitrogens with zero attached hydrogens (tertiary/aromatic N) is 1. The summed E-state index contributed by atoms with van der Waals surface area (Å²) in [5.41, 5.74) is 12.1. The van der Waals surface area contributed by atoms with E-state index in [2.05, 4.69) is 217 Å². The van der Waals surface area contributed by atoms with Gasteiger partial charge in [0.05, 0.1) is 21.5 Å². The lowest BCUT2D eigenvalue weighted by molar-refractivity contribution is 0.670. The molecule has 0 aliphatic heterocycles. The molecule has 2 nitrogen and oxygen atoms in total. The van der Waals surface area contributed by atoms with Gasteiger partial charge in [-0.1, -0.05) is 164 Å². The minimum Gasteiger partial charge on any atom is -0.455 e. The summed E-state index contributed by atoms with van der Waals surface area (Å²) in [5.74, 6) is 0. The van der Waals surface area contributed by atoms with Gasteiger partial charge in [0, 0.05) is 32.1 Å². The van der Waals surface area contributed by atoms with Crippen molar-refractivity contribution in [1.29, 1.82) is 0 Å². The molecule has 0 amide bonds. The van der Waals surface area contributed by atoms with Crippen LogP contribution in [0.1, 0.15) is 0 Å². The van der Waals surface area contributed by atoms with Gasteiger partial charge < -0.3 is 9.32 Å². The van der Waals surface area contributed by atoms with Crippen molar-refractivity contribution >= 4 is 92.1 Å². The van der Waals surface area contributed by atoms with Gasteiger partial charge >= 0.3 is 0 Å². The maximum Gasteiger partial charge on any atom is 0.145 e. The third kappa shape index (κ3) is 5.47. The first kappa shape index (κ1) is 33.7. The zero-order valence-electron chi connectivity index (χ0n) is 32.0. The highest BCUT2D eigenvalue weighted by atomic mass is 32.1. The Hall–Kier alpha value is -7.46. The van der Waals surface area contributed by atoms with E-state index in [0.29, 0.717) is 0 Å². The summed E-state index contributed by atoms with van der Waals surface area (Å²) in [6.07, 6.45) is 0. The number of hydrogen-bond donors (Lipinski definition) is 0. The molecule has 276 valence electrons. The molecule has 0 saturated heterocycles. The van der Waals surface area contributed by atoms with Crippen LogP contribution in [0.25, 0.3) is 97.0 Å². The standard InChI is InChI=1S/C56H35NOS/c1-2-14-37(15-3-1)43-21-10-17-39-18-11-22-44(53(39)43)38-29-31-42(32-30-38)57(50-24-12-23-47-46-19-7-9-26-52(46)59-56(47)50)49-34-33-45(41-28-27-36-13-4-5-16-40(36)35-41)55-54(49)48-20-6-8-25-51(48)58-55/h1-35H. The Kier molecular flexibility index (Phi) is 7.75. The highest BCUT2D eigenvalue weighted by Gasteiger charge is 2.24. The second-order valence-electron chi connectivity index (χ2n) is 15.2. The van der Waals surface area contributed by atoms with Gasteiger partial charge in [0.1, 0.15) is 11.2 Å². The van der Waals surface area contributed by atoms with Crippen LogP contribution >= 0.6 is 11.3 Å². The number of thiophene rings is 1. The second-order valence-corrected chi connectivity index (χ2v) is 16.3. The van der Waals surface area contributed by atoms with Crippen LogP contribution in [-0.4, -0.2) is 0 Å². The van der Waals surface area contributed by atoms with Crippen LogP contribution in [0.2, 0.25) is 0 Å². The number of fused-ring (bicyclic) bond motifs is 8. The Balaban J connectivity index is 1.10. The van der Waals surface area contributed by atoms with Crippen molar-refractivity contribution in [3.05, 3.63) is 212 Å². The van der Waals surface area contributed by atoms with Crippen molar-refractivity contribution in [2.24, 2.45) is 0 Å². The van der Waals surface area contributed by atoms with Crippen molar-refractivity contribution < 1.29 is 4.42 Å². The predicted octanol–water partition coefficient (Wildman–Crippen LogP) is 16.7. The average Bonchev–Trinajstić information content (AvgIpc) is 3.89. The van der Waals surface area contributed by atoms with Crippen molar-refractivity contribution in [2.75, 3.05) is 4.90 Å². The topological polar surface area (TPSA) is 16.4 Å². The van der Waals surface area contributed by atoms with Gasteiger partial charge in [0.15, 0.2) is 0 Å². The maximum absolute atomic E-state index is 6.89. The van der Waals surface area contributed by atoms with Crippen LogP contribution in [0.15, 0.2) is 217 Å². The molecular formula is C56H35NOS. The van der Waals surface area contributed by atoms with Gasteiger partial charge in [-0.15, -0.1) is 11.3 Å². The largest absolute Gasteiger partial charge is 0.455 e. The average molecular weight is 770 g/mol. The van der Waals surface area contributed by atoms with Gasteiger partial charge in [-0.2, -0.15) is 0 Å². The number of rotatable bonds is 6. The van der Waals surface area contributed by atoms with E-state index >= 15 is 0 Å². The van der Waals surface area contributed by atoms with E-state index in [1.165, 1.54) is 64.0 Å². The van der Waals surface area contributed by atoms with Gasteiger partial charge in [-0.3, -0.25) is 0 Å². The number of hydrogen-bond acceptors (Lipinski definition) is 3. The lowest BCUT2D eigenvalue weighted by Gasteiger charge is -2.27. The van der Waals surface area contributed by atoms with Gasteiger partial charge in [0.25, 0.3) is 0 Å². The number of benzene rings is 10. The molecule has 0 N–H and O–H groups in total. The number of furan rings is 1. The van der Waals surface area contributed by atoms with Crippen LogP contribution in [0.5, 0.6) is 0 Å². The first-order valence-corrected chi connectivity index (χ1v) is 20.9. The third-order valence-corrected chi connectivity index (χ3v) is 13.1. The van der Waals surface area contributed by atoms with Gasteiger partial charge in [-0.05, 0) is 97.9 Å². The van der Waals surface area contributed by atoms with Crippen LogP contribution in [0.4, 0.5) is 17.1 Å². The fraction of sp³-hybridized carbons (Fsp3) is 0. The Morgan fingerprint density at radius 3 is 1.85 bits per heavy atom. The van der Waals surface area contributed by atoms with E-state index in [4.69, 9.17) is 4.42 Å². The highest BCUT2D eigenvalue weighted by Crippen LogP contribution is 2.50. The molecule has 3 heteroatoms. The molecule has 0 radical (unpaired) electrons. The monoisotopic (exact) mass is 769 g/mol. The van der Waals surface area contributed by atoms with E-state index in [9.17, 15) is 0 Å². The quantitative estimate of drug-likeness (QED) is 0.167. The molecular weight excluding hydrogens is 735 g/mol. The van der Waals surface area contributed by atoms with Crippen LogP contribution in [-0.2, 0) is 0 Å². The molecule has 10 aromatic carbocycles. The highest BCUT2D eigenvalue weighted by molar-refractivity contribution is 7.26. The van der Waals surface area contributed by atoms with Crippen LogP contribution in [0.3, 0.4) is 0 Å². The minimum atomic E-state index is 0.873. The van der Waals surface area contributed by atoms with Crippen molar-refractivity contribution in [3.63, 3.8) is 0 Å². The normalized spacial score (nSPS) is 11.7. The van der Waals surface area contributed by atoms with Crippen LogP contribution in [0, 0.1) is 0 Å². The predicted molar refractivity (Wildman–Crippen MR) is 253 cm³/mol. The summed E-state index contributed by atoms with van der Waals surface area (Å²) in [5, 5.41) is 9.64. The van der Waals surface area contributed by atoms with Gasteiger partial charge in [-0.25, -0.2) is 0 Å².